The summed E-state index contributed by atoms with van der Waals surface area (Å²) in [6.07, 6.45) is 7.21. The molecule has 0 amide bonds. The molecule has 1 N–H and O–H groups in total. The van der Waals surface area contributed by atoms with Gasteiger partial charge in [0.05, 0.1) is 5.41 Å². The molecule has 0 saturated heterocycles. The maximum absolute atomic E-state index is 11.5. The zero-order valence-corrected chi connectivity index (χ0v) is 10.7. The van der Waals surface area contributed by atoms with E-state index in [1.54, 1.807) is 0 Å². The van der Waals surface area contributed by atoms with E-state index >= 15 is 0 Å². The molecule has 1 saturated carbocycles. The Morgan fingerprint density at radius 2 is 2.06 bits per heavy atom. The van der Waals surface area contributed by atoms with E-state index in [0.717, 1.165) is 38.5 Å². The van der Waals surface area contributed by atoms with Crippen LogP contribution in [-0.2, 0) is 11.2 Å². The molecule has 0 heterocycles. The summed E-state index contributed by atoms with van der Waals surface area (Å²) in [6.45, 7) is 0. The van der Waals surface area contributed by atoms with E-state index in [2.05, 4.69) is 24.3 Å². The van der Waals surface area contributed by atoms with Gasteiger partial charge in [-0.15, -0.1) is 0 Å². The molecular formula is C16H20O2. The highest BCUT2D eigenvalue weighted by molar-refractivity contribution is 5.75. The fourth-order valence-electron chi connectivity index (χ4n) is 3.65. The molecule has 0 aromatic heterocycles. The second kappa shape index (κ2) is 4.42. The second-order valence-electron chi connectivity index (χ2n) is 5.93. The lowest BCUT2D eigenvalue weighted by Crippen LogP contribution is -2.39. The Labute approximate surface area is 108 Å². The van der Waals surface area contributed by atoms with Crippen LogP contribution in [0.1, 0.15) is 55.6 Å². The van der Waals surface area contributed by atoms with Gasteiger partial charge < -0.3 is 5.11 Å². The van der Waals surface area contributed by atoms with Crippen molar-refractivity contribution >= 4 is 5.97 Å². The molecule has 1 fully saturated rings. The number of hydrogen-bond donors (Lipinski definition) is 1. The van der Waals surface area contributed by atoms with Crippen LogP contribution >= 0.6 is 0 Å². The summed E-state index contributed by atoms with van der Waals surface area (Å²) in [7, 11) is 0. The number of fused-ring (bicyclic) bond motifs is 1. The van der Waals surface area contributed by atoms with E-state index in [4.69, 9.17) is 0 Å². The molecule has 1 aromatic carbocycles. The smallest absolute Gasteiger partial charge is 0.309 e. The lowest BCUT2D eigenvalue weighted by molar-refractivity contribution is -0.155. The summed E-state index contributed by atoms with van der Waals surface area (Å²) < 4.78 is 0. The van der Waals surface area contributed by atoms with Gasteiger partial charge in [-0.05, 0) is 55.6 Å². The topological polar surface area (TPSA) is 37.3 Å². The molecule has 1 atom stereocenters. The standard InChI is InChI=1S/C16H20O2/c17-15(18)16(9-4-10-16)11-13-7-3-6-12-5-1-2-8-14(12)13/h1-2,5,8,13H,3-4,6-7,9-11H2,(H,17,18). The highest BCUT2D eigenvalue weighted by atomic mass is 16.4. The Hall–Kier alpha value is -1.31. The zero-order chi connectivity index (χ0) is 12.6. The van der Waals surface area contributed by atoms with Crippen molar-refractivity contribution in [2.45, 2.75) is 50.9 Å². The number of hydrogen-bond acceptors (Lipinski definition) is 1. The van der Waals surface area contributed by atoms with Gasteiger partial charge in [-0.25, -0.2) is 0 Å². The maximum Gasteiger partial charge on any atom is 0.309 e. The van der Waals surface area contributed by atoms with Crippen molar-refractivity contribution in [3.05, 3.63) is 35.4 Å². The molecule has 2 aliphatic carbocycles. The third kappa shape index (κ3) is 1.84. The number of carboxylic acids is 1. The quantitative estimate of drug-likeness (QED) is 0.879. The number of carbonyl (C=O) groups is 1. The third-order valence-corrected chi connectivity index (χ3v) is 4.90. The molecular weight excluding hydrogens is 224 g/mol. The Bertz CT molecular complexity index is 460. The summed E-state index contributed by atoms with van der Waals surface area (Å²) in [6, 6.07) is 8.59. The van der Waals surface area contributed by atoms with Gasteiger partial charge in [0.2, 0.25) is 0 Å². The molecule has 0 spiro atoms. The molecule has 2 aliphatic rings. The van der Waals surface area contributed by atoms with Crippen molar-refractivity contribution in [3.8, 4) is 0 Å². The van der Waals surface area contributed by atoms with E-state index < -0.39 is 11.4 Å². The summed E-state index contributed by atoms with van der Waals surface area (Å²) in [5.41, 5.74) is 2.44. The van der Waals surface area contributed by atoms with Crippen molar-refractivity contribution in [1.29, 1.82) is 0 Å². The average Bonchev–Trinajstić information content (AvgIpc) is 2.33. The molecule has 3 rings (SSSR count). The van der Waals surface area contributed by atoms with Crippen LogP contribution in [0.5, 0.6) is 0 Å². The number of benzene rings is 1. The molecule has 2 nitrogen and oxygen atoms in total. The highest BCUT2D eigenvalue weighted by Gasteiger charge is 2.46. The first-order valence-corrected chi connectivity index (χ1v) is 7.02. The predicted octanol–water partition coefficient (Wildman–Crippen LogP) is 3.75. The van der Waals surface area contributed by atoms with Gasteiger partial charge in [-0.1, -0.05) is 30.7 Å². The summed E-state index contributed by atoms with van der Waals surface area (Å²) in [4.78, 5) is 11.5. The Morgan fingerprint density at radius 3 is 2.72 bits per heavy atom. The monoisotopic (exact) mass is 244 g/mol. The molecule has 96 valence electrons. The van der Waals surface area contributed by atoms with E-state index in [9.17, 15) is 9.90 Å². The van der Waals surface area contributed by atoms with E-state index in [-0.39, 0.29) is 0 Å². The zero-order valence-electron chi connectivity index (χ0n) is 10.7. The van der Waals surface area contributed by atoms with Gasteiger partial charge in [-0.2, -0.15) is 0 Å². The van der Waals surface area contributed by atoms with Crippen molar-refractivity contribution in [2.75, 3.05) is 0 Å². The van der Waals surface area contributed by atoms with Crippen molar-refractivity contribution in [3.63, 3.8) is 0 Å². The molecule has 18 heavy (non-hydrogen) atoms. The van der Waals surface area contributed by atoms with E-state index in [0.29, 0.717) is 5.92 Å². The van der Waals surface area contributed by atoms with Gasteiger partial charge >= 0.3 is 5.97 Å². The SMILES string of the molecule is O=C(O)C1(CC2CCCc3ccccc32)CCC1. The van der Waals surface area contributed by atoms with Crippen LogP contribution < -0.4 is 0 Å². The maximum atomic E-state index is 11.5. The van der Waals surface area contributed by atoms with Crippen LogP contribution in [0.25, 0.3) is 0 Å². The molecule has 1 unspecified atom stereocenters. The Kier molecular flexibility index (Phi) is 2.89. The van der Waals surface area contributed by atoms with Crippen LogP contribution in [0.2, 0.25) is 0 Å². The molecule has 0 aliphatic heterocycles. The van der Waals surface area contributed by atoms with Crippen molar-refractivity contribution < 1.29 is 9.90 Å². The minimum absolute atomic E-state index is 0.408. The van der Waals surface area contributed by atoms with Gasteiger partial charge in [0, 0.05) is 0 Å². The predicted molar refractivity (Wildman–Crippen MR) is 70.7 cm³/mol. The van der Waals surface area contributed by atoms with Crippen LogP contribution in [-0.4, -0.2) is 11.1 Å². The second-order valence-corrected chi connectivity index (χ2v) is 5.93. The summed E-state index contributed by atoms with van der Waals surface area (Å²) >= 11 is 0. The van der Waals surface area contributed by atoms with Gasteiger partial charge in [0.1, 0.15) is 0 Å². The minimum atomic E-state index is -0.572. The fourth-order valence-corrected chi connectivity index (χ4v) is 3.65. The van der Waals surface area contributed by atoms with Crippen molar-refractivity contribution in [1.82, 2.24) is 0 Å². The number of carboxylic acid groups (broad SMARTS) is 1. The van der Waals surface area contributed by atoms with Crippen LogP contribution in [0.4, 0.5) is 0 Å². The normalized spacial score (nSPS) is 25.0. The first-order chi connectivity index (χ1) is 8.71. The van der Waals surface area contributed by atoms with Crippen LogP contribution in [0.3, 0.4) is 0 Å². The fraction of sp³-hybridized carbons (Fsp3) is 0.562. The molecule has 0 bridgehead atoms. The first kappa shape index (κ1) is 11.8. The highest BCUT2D eigenvalue weighted by Crippen LogP contribution is 2.50. The number of aliphatic carboxylic acids is 1. The number of aryl methyl sites for hydroxylation is 1. The van der Waals surface area contributed by atoms with Gasteiger partial charge in [-0.3, -0.25) is 4.79 Å². The Balaban J connectivity index is 1.84. The molecule has 0 radical (unpaired) electrons. The summed E-state index contributed by atoms with van der Waals surface area (Å²) in [5.74, 6) is -0.108. The van der Waals surface area contributed by atoms with Crippen LogP contribution in [0.15, 0.2) is 24.3 Å². The largest absolute Gasteiger partial charge is 0.481 e. The molecule has 2 heteroatoms. The average molecular weight is 244 g/mol. The third-order valence-electron chi connectivity index (χ3n) is 4.90. The summed E-state index contributed by atoms with van der Waals surface area (Å²) in [5, 5.41) is 9.46. The Morgan fingerprint density at radius 1 is 1.28 bits per heavy atom. The lowest BCUT2D eigenvalue weighted by Gasteiger charge is -2.41. The minimum Gasteiger partial charge on any atom is -0.481 e. The van der Waals surface area contributed by atoms with E-state index in [1.165, 1.54) is 17.5 Å². The lowest BCUT2D eigenvalue weighted by atomic mass is 9.62. The van der Waals surface area contributed by atoms with Gasteiger partial charge in [0.15, 0.2) is 0 Å². The van der Waals surface area contributed by atoms with Gasteiger partial charge in [0.25, 0.3) is 0 Å². The van der Waals surface area contributed by atoms with E-state index in [1.807, 2.05) is 0 Å². The molecule has 1 aromatic rings. The van der Waals surface area contributed by atoms with Crippen LogP contribution in [0, 0.1) is 5.41 Å². The number of rotatable bonds is 3. The first-order valence-electron chi connectivity index (χ1n) is 7.02. The van der Waals surface area contributed by atoms with Crippen molar-refractivity contribution in [2.24, 2.45) is 5.41 Å².